The van der Waals surface area contributed by atoms with Crippen molar-refractivity contribution in [2.24, 2.45) is 18.4 Å². The van der Waals surface area contributed by atoms with Crippen LogP contribution in [-0.4, -0.2) is 55.6 Å². The van der Waals surface area contributed by atoms with E-state index in [1.165, 1.54) is 12.8 Å². The van der Waals surface area contributed by atoms with E-state index >= 15 is 0 Å². The van der Waals surface area contributed by atoms with Gasteiger partial charge in [-0.05, 0) is 50.7 Å². The van der Waals surface area contributed by atoms with Crippen LogP contribution in [0, 0.1) is 30.1 Å². The van der Waals surface area contributed by atoms with Crippen molar-refractivity contribution >= 4 is 12.1 Å². The van der Waals surface area contributed by atoms with E-state index in [1.54, 1.807) is 23.7 Å². The van der Waals surface area contributed by atoms with Gasteiger partial charge in [-0.15, -0.1) is 5.10 Å². The Labute approximate surface area is 186 Å². The molecule has 2 fully saturated rings. The van der Waals surface area contributed by atoms with Gasteiger partial charge in [0, 0.05) is 31.6 Å². The first-order valence-corrected chi connectivity index (χ1v) is 10.8. The highest BCUT2D eigenvalue weighted by atomic mass is 16.6. The molecule has 2 aliphatic carbocycles. The average Bonchev–Trinajstić information content (AvgIpc) is 3.66. The minimum atomic E-state index is -0.823. The van der Waals surface area contributed by atoms with E-state index in [-0.39, 0.29) is 19.1 Å². The molecule has 0 radical (unpaired) electrons. The third-order valence-electron chi connectivity index (χ3n) is 5.95. The summed E-state index contributed by atoms with van der Waals surface area (Å²) in [5.74, 6) is 6.00. The van der Waals surface area contributed by atoms with Gasteiger partial charge >= 0.3 is 12.1 Å². The Morgan fingerprint density at radius 1 is 1.34 bits per heavy atom. The fraction of sp³-hybridized carbons (Fsp3) is 0.522. The van der Waals surface area contributed by atoms with Crippen LogP contribution in [0.25, 0.3) is 11.4 Å². The quantitative estimate of drug-likeness (QED) is 0.663. The molecule has 0 unspecified atom stereocenters. The van der Waals surface area contributed by atoms with Gasteiger partial charge in [-0.1, -0.05) is 17.1 Å². The van der Waals surface area contributed by atoms with E-state index in [2.05, 4.69) is 27.1 Å². The highest BCUT2D eigenvalue weighted by Gasteiger charge is 2.43. The third-order valence-corrected chi connectivity index (χ3v) is 5.95. The number of carbonyl (C=O) groups excluding carboxylic acids is 1. The molecule has 0 aliphatic heterocycles. The predicted molar refractivity (Wildman–Crippen MR) is 115 cm³/mol. The third kappa shape index (κ3) is 5.07. The van der Waals surface area contributed by atoms with Gasteiger partial charge in [0.05, 0.1) is 17.8 Å². The van der Waals surface area contributed by atoms with Crippen molar-refractivity contribution in [3.63, 3.8) is 0 Å². The van der Waals surface area contributed by atoms with Crippen molar-refractivity contribution in [1.29, 1.82) is 0 Å². The lowest BCUT2D eigenvalue weighted by atomic mass is 10.0. The number of carbonyl (C=O) groups is 2. The summed E-state index contributed by atoms with van der Waals surface area (Å²) in [6.07, 6.45) is 3.66. The highest BCUT2D eigenvalue weighted by Crippen LogP contribution is 2.48. The number of nitrogens with zero attached hydrogens (tertiary/aromatic N) is 5. The van der Waals surface area contributed by atoms with Crippen LogP contribution < -0.4 is 0 Å². The molecule has 2 heterocycles. The molecular formula is C23H27N5O4. The highest BCUT2D eigenvalue weighted by molar-refractivity contribution is 5.69. The first-order chi connectivity index (χ1) is 15.3. The molecular weight excluding hydrogens is 410 g/mol. The van der Waals surface area contributed by atoms with Gasteiger partial charge in [-0.3, -0.25) is 9.78 Å². The normalized spacial score (nSPS) is 16.1. The summed E-state index contributed by atoms with van der Waals surface area (Å²) in [5, 5.41) is 17.3. The van der Waals surface area contributed by atoms with Gasteiger partial charge in [0.15, 0.2) is 0 Å². The zero-order valence-electron chi connectivity index (χ0n) is 18.6. The maximum Gasteiger partial charge on any atom is 0.409 e. The fourth-order valence-electron chi connectivity index (χ4n) is 3.55. The van der Waals surface area contributed by atoms with Gasteiger partial charge in [-0.2, -0.15) is 0 Å². The number of carboxylic acids is 1. The Morgan fingerprint density at radius 2 is 2.09 bits per heavy atom. The maximum atomic E-state index is 12.3. The first-order valence-electron chi connectivity index (χ1n) is 10.8. The van der Waals surface area contributed by atoms with Crippen LogP contribution in [0.3, 0.4) is 0 Å². The molecule has 168 valence electrons. The monoisotopic (exact) mass is 437 g/mol. The molecule has 2 saturated carbocycles. The van der Waals surface area contributed by atoms with Crippen molar-refractivity contribution in [3.8, 4) is 23.2 Å². The number of aryl methyl sites for hydroxylation is 2. The van der Waals surface area contributed by atoms with Crippen molar-refractivity contribution in [3.05, 3.63) is 29.1 Å². The molecule has 9 nitrogen and oxygen atoms in total. The van der Waals surface area contributed by atoms with Gasteiger partial charge in [0.25, 0.3) is 0 Å². The fourth-order valence-corrected chi connectivity index (χ4v) is 3.55. The minimum absolute atomic E-state index is 0.0483. The standard InChI is InChI=1S/C23H27N5O4/c1-15-17(8-9-23(10-11-23)12-20(29)30)6-7-18(24-15)21-19(28(3)26-25-21)14-32-22(31)27(2)13-16-4-5-16/h6-7,16H,4-5,10-14H2,1-3H3,(H,29,30). The van der Waals surface area contributed by atoms with Crippen LogP contribution in [0.1, 0.15) is 49.1 Å². The number of ether oxygens (including phenoxy) is 1. The molecule has 0 aromatic carbocycles. The van der Waals surface area contributed by atoms with Crippen LogP contribution in [0.5, 0.6) is 0 Å². The summed E-state index contributed by atoms with van der Waals surface area (Å²) in [6, 6.07) is 3.66. The molecule has 0 atom stereocenters. The minimum Gasteiger partial charge on any atom is -0.481 e. The van der Waals surface area contributed by atoms with Crippen LogP contribution >= 0.6 is 0 Å². The predicted octanol–water partition coefficient (Wildman–Crippen LogP) is 2.77. The molecule has 0 bridgehead atoms. The Kier molecular flexibility index (Phi) is 5.87. The van der Waals surface area contributed by atoms with Gasteiger partial charge in [-0.25, -0.2) is 9.48 Å². The molecule has 1 amide bonds. The summed E-state index contributed by atoms with van der Waals surface area (Å²) in [6.45, 7) is 2.62. The van der Waals surface area contributed by atoms with Crippen LogP contribution in [-0.2, 0) is 23.2 Å². The second kappa shape index (κ2) is 8.61. The van der Waals surface area contributed by atoms with Gasteiger partial charge in [0.2, 0.25) is 0 Å². The average molecular weight is 438 g/mol. The first kappa shape index (κ1) is 21.8. The Hall–Kier alpha value is -3.41. The Morgan fingerprint density at radius 3 is 2.72 bits per heavy atom. The van der Waals surface area contributed by atoms with Crippen molar-refractivity contribution in [1.82, 2.24) is 24.9 Å². The Bertz CT molecular complexity index is 1110. The lowest BCUT2D eigenvalue weighted by Gasteiger charge is -2.16. The Balaban J connectivity index is 1.47. The summed E-state index contributed by atoms with van der Waals surface area (Å²) in [5.41, 5.74) is 2.90. The second-order valence-corrected chi connectivity index (χ2v) is 8.82. The molecule has 2 aromatic heterocycles. The number of aliphatic carboxylic acids is 1. The van der Waals surface area contributed by atoms with E-state index in [1.807, 2.05) is 19.1 Å². The van der Waals surface area contributed by atoms with Crippen LogP contribution in [0.2, 0.25) is 0 Å². The molecule has 0 spiro atoms. The van der Waals surface area contributed by atoms with E-state index in [4.69, 9.17) is 9.84 Å². The second-order valence-electron chi connectivity index (χ2n) is 8.82. The number of aromatic nitrogens is 4. The lowest BCUT2D eigenvalue weighted by Crippen LogP contribution is -2.29. The molecule has 1 N–H and O–H groups in total. The maximum absolute atomic E-state index is 12.3. The van der Waals surface area contributed by atoms with E-state index in [9.17, 15) is 9.59 Å². The van der Waals surface area contributed by atoms with E-state index in [0.29, 0.717) is 29.5 Å². The number of amides is 1. The summed E-state index contributed by atoms with van der Waals surface area (Å²) in [4.78, 5) is 29.5. The smallest absolute Gasteiger partial charge is 0.409 e. The van der Waals surface area contributed by atoms with Crippen LogP contribution in [0.4, 0.5) is 4.79 Å². The van der Waals surface area contributed by atoms with Crippen molar-refractivity contribution in [2.45, 2.75) is 45.6 Å². The molecule has 2 aliphatic rings. The molecule has 2 aromatic rings. The summed E-state index contributed by atoms with van der Waals surface area (Å²) < 4.78 is 7.06. The number of pyridine rings is 1. The SMILES string of the molecule is Cc1nc(-c2nnn(C)c2COC(=O)N(C)CC2CC2)ccc1C#CC1(CC(=O)O)CC1. The van der Waals surface area contributed by atoms with E-state index < -0.39 is 11.4 Å². The molecule has 0 saturated heterocycles. The van der Waals surface area contributed by atoms with Gasteiger partial charge < -0.3 is 14.7 Å². The topological polar surface area (TPSA) is 110 Å². The van der Waals surface area contributed by atoms with Gasteiger partial charge in [0.1, 0.15) is 18.0 Å². The number of hydrogen-bond donors (Lipinski definition) is 1. The molecule has 4 rings (SSSR count). The lowest BCUT2D eigenvalue weighted by molar-refractivity contribution is -0.137. The zero-order chi connectivity index (χ0) is 22.9. The van der Waals surface area contributed by atoms with E-state index in [0.717, 1.165) is 24.1 Å². The number of hydrogen-bond acceptors (Lipinski definition) is 6. The summed E-state index contributed by atoms with van der Waals surface area (Å²) >= 11 is 0. The van der Waals surface area contributed by atoms with Crippen molar-refractivity contribution < 1.29 is 19.4 Å². The summed E-state index contributed by atoms with van der Waals surface area (Å²) in [7, 11) is 3.49. The molecule has 32 heavy (non-hydrogen) atoms. The zero-order valence-corrected chi connectivity index (χ0v) is 18.6. The van der Waals surface area contributed by atoms with Crippen LogP contribution in [0.15, 0.2) is 12.1 Å². The number of rotatable bonds is 7. The molecule has 9 heteroatoms. The van der Waals surface area contributed by atoms with Crippen molar-refractivity contribution in [2.75, 3.05) is 13.6 Å². The number of carboxylic acid groups (broad SMARTS) is 1. The largest absolute Gasteiger partial charge is 0.481 e.